The molecule has 1 atom stereocenters. The predicted molar refractivity (Wildman–Crippen MR) is 56.5 cm³/mol. The fraction of sp³-hybridized carbons (Fsp3) is 0.0909. The highest BCUT2D eigenvalue weighted by molar-refractivity contribution is 7.17. The van der Waals surface area contributed by atoms with Crippen LogP contribution in [0.4, 0.5) is 0 Å². The van der Waals surface area contributed by atoms with Gasteiger partial charge in [0.25, 0.3) is 0 Å². The van der Waals surface area contributed by atoms with Crippen molar-refractivity contribution in [3.63, 3.8) is 0 Å². The molecule has 1 aliphatic carbocycles. The van der Waals surface area contributed by atoms with Crippen LogP contribution in [0.2, 0.25) is 0 Å². The zero-order chi connectivity index (χ0) is 10.6. The minimum atomic E-state index is -1.49. The number of fused-ring (bicyclic) bond motifs is 2. The molecule has 74 valence electrons. The van der Waals surface area contributed by atoms with Crippen LogP contribution in [0.25, 0.3) is 10.1 Å². The van der Waals surface area contributed by atoms with Crippen molar-refractivity contribution in [3.05, 3.63) is 34.7 Å². The van der Waals surface area contributed by atoms with Crippen LogP contribution in [0.3, 0.4) is 0 Å². The molecule has 1 aromatic heterocycles. The molecule has 3 rings (SSSR count). The largest absolute Gasteiger partial charge is 0.377 e. The van der Waals surface area contributed by atoms with E-state index in [4.69, 9.17) is 0 Å². The number of hydrogen-bond acceptors (Lipinski definition) is 4. The minimum absolute atomic E-state index is 0.346. The van der Waals surface area contributed by atoms with Crippen LogP contribution in [-0.2, 0) is 0 Å². The average Bonchev–Trinajstić information content (AvgIpc) is 2.77. The first-order valence-electron chi connectivity index (χ1n) is 4.46. The Hall–Kier alpha value is -1.52. The first-order chi connectivity index (χ1) is 7.18. The van der Waals surface area contributed by atoms with Gasteiger partial charge in [0.1, 0.15) is 0 Å². The first-order valence-corrected chi connectivity index (χ1v) is 5.34. The van der Waals surface area contributed by atoms with Crippen LogP contribution in [0.1, 0.15) is 20.7 Å². The molecule has 15 heavy (non-hydrogen) atoms. The second-order valence-electron chi connectivity index (χ2n) is 3.49. The molecule has 0 fully saturated rings. The van der Waals surface area contributed by atoms with Gasteiger partial charge in [-0.2, -0.15) is 0 Å². The molecule has 1 aromatic carbocycles. The maximum absolute atomic E-state index is 11.5. The Balaban J connectivity index is 2.39. The fourth-order valence-corrected chi connectivity index (χ4v) is 2.64. The van der Waals surface area contributed by atoms with Gasteiger partial charge in [-0.15, -0.1) is 11.3 Å². The number of hydrogen-bond donors (Lipinski definition) is 1. The number of ketones is 2. The summed E-state index contributed by atoms with van der Waals surface area (Å²) in [4.78, 5) is 23.0. The van der Waals surface area contributed by atoms with Gasteiger partial charge in [-0.05, 0) is 29.0 Å². The third kappa shape index (κ3) is 1.03. The molecule has 1 aliphatic rings. The number of carbonyl (C=O) groups is 2. The van der Waals surface area contributed by atoms with Crippen molar-refractivity contribution >= 4 is 33.0 Å². The van der Waals surface area contributed by atoms with Gasteiger partial charge in [-0.3, -0.25) is 9.59 Å². The number of carbonyl (C=O) groups excluding carboxylic acids is 2. The zero-order valence-corrected chi connectivity index (χ0v) is 8.38. The monoisotopic (exact) mass is 218 g/mol. The van der Waals surface area contributed by atoms with E-state index in [2.05, 4.69) is 0 Å². The van der Waals surface area contributed by atoms with Crippen molar-refractivity contribution in [1.82, 2.24) is 0 Å². The van der Waals surface area contributed by atoms with Gasteiger partial charge in [0.05, 0.1) is 0 Å². The summed E-state index contributed by atoms with van der Waals surface area (Å²) in [5, 5.41) is 12.2. The quantitative estimate of drug-likeness (QED) is 0.684. The Kier molecular flexibility index (Phi) is 1.60. The van der Waals surface area contributed by atoms with E-state index in [0.717, 1.165) is 10.1 Å². The molecule has 0 amide bonds. The number of aliphatic hydroxyl groups excluding tert-OH is 1. The van der Waals surface area contributed by atoms with Crippen LogP contribution < -0.4 is 0 Å². The Labute approximate surface area is 89.0 Å². The van der Waals surface area contributed by atoms with Gasteiger partial charge in [0, 0.05) is 15.8 Å². The van der Waals surface area contributed by atoms with Gasteiger partial charge in [0.2, 0.25) is 0 Å². The van der Waals surface area contributed by atoms with Crippen molar-refractivity contribution in [2.45, 2.75) is 6.10 Å². The van der Waals surface area contributed by atoms with Crippen molar-refractivity contribution in [3.8, 4) is 0 Å². The van der Waals surface area contributed by atoms with Gasteiger partial charge >= 0.3 is 0 Å². The molecule has 0 radical (unpaired) electrons. The lowest BCUT2D eigenvalue weighted by Gasteiger charge is -1.95. The minimum Gasteiger partial charge on any atom is -0.377 e. The first kappa shape index (κ1) is 8.76. The maximum Gasteiger partial charge on any atom is 0.200 e. The van der Waals surface area contributed by atoms with Gasteiger partial charge < -0.3 is 5.11 Å². The lowest BCUT2D eigenvalue weighted by Crippen LogP contribution is -2.20. The summed E-state index contributed by atoms with van der Waals surface area (Å²) in [5.41, 5.74) is 0.695. The molecule has 0 saturated carbocycles. The van der Waals surface area contributed by atoms with Crippen LogP contribution in [0, 0.1) is 0 Å². The number of rotatable bonds is 0. The second kappa shape index (κ2) is 2.74. The van der Waals surface area contributed by atoms with Crippen molar-refractivity contribution in [1.29, 1.82) is 0 Å². The van der Waals surface area contributed by atoms with Crippen LogP contribution in [0.15, 0.2) is 23.6 Å². The highest BCUT2D eigenvalue weighted by Crippen LogP contribution is 2.30. The van der Waals surface area contributed by atoms with Gasteiger partial charge in [-0.25, -0.2) is 0 Å². The standard InChI is InChI=1S/C11H6O3S/c12-9-6-3-5-1-2-15-8(5)4-7(6)10(13)11(9)14/h1-4,11,14H. The fourth-order valence-electron chi connectivity index (χ4n) is 1.83. The number of benzene rings is 1. The summed E-state index contributed by atoms with van der Waals surface area (Å²) < 4.78 is 0.962. The van der Waals surface area contributed by atoms with E-state index in [0.29, 0.717) is 11.1 Å². The molecule has 0 aliphatic heterocycles. The van der Waals surface area contributed by atoms with Crippen molar-refractivity contribution in [2.24, 2.45) is 0 Å². The van der Waals surface area contributed by atoms with E-state index in [1.54, 1.807) is 12.1 Å². The van der Waals surface area contributed by atoms with Gasteiger partial charge in [-0.1, -0.05) is 0 Å². The molecular formula is C11H6O3S. The molecule has 1 unspecified atom stereocenters. The van der Waals surface area contributed by atoms with E-state index in [1.165, 1.54) is 11.3 Å². The summed E-state index contributed by atoms with van der Waals surface area (Å²) in [7, 11) is 0. The van der Waals surface area contributed by atoms with E-state index in [1.807, 2.05) is 11.4 Å². The summed E-state index contributed by atoms with van der Waals surface area (Å²) >= 11 is 1.51. The summed E-state index contributed by atoms with van der Waals surface area (Å²) in [6.07, 6.45) is -1.49. The zero-order valence-electron chi connectivity index (χ0n) is 7.56. The smallest absolute Gasteiger partial charge is 0.200 e. The third-order valence-electron chi connectivity index (χ3n) is 2.62. The molecule has 0 spiro atoms. The Bertz CT molecular complexity index is 547. The van der Waals surface area contributed by atoms with Crippen LogP contribution in [0.5, 0.6) is 0 Å². The molecule has 2 aromatic rings. The van der Waals surface area contributed by atoms with Crippen LogP contribution >= 0.6 is 11.3 Å². The van der Waals surface area contributed by atoms with Crippen LogP contribution in [-0.4, -0.2) is 22.8 Å². The van der Waals surface area contributed by atoms with E-state index < -0.39 is 17.7 Å². The third-order valence-corrected chi connectivity index (χ3v) is 3.50. The number of aliphatic hydroxyl groups is 1. The molecule has 3 nitrogen and oxygen atoms in total. The highest BCUT2D eigenvalue weighted by Gasteiger charge is 2.37. The van der Waals surface area contributed by atoms with E-state index in [-0.39, 0.29) is 0 Å². The summed E-state index contributed by atoms with van der Waals surface area (Å²) in [5.74, 6) is -0.964. The van der Waals surface area contributed by atoms with Crippen molar-refractivity contribution in [2.75, 3.05) is 0 Å². The molecule has 1 N–H and O–H groups in total. The van der Waals surface area contributed by atoms with E-state index >= 15 is 0 Å². The van der Waals surface area contributed by atoms with Gasteiger partial charge in [0.15, 0.2) is 17.7 Å². The maximum atomic E-state index is 11.5. The number of Topliss-reactive ketones (excluding diaryl/α,β-unsaturated/α-hetero) is 2. The predicted octanol–water partition coefficient (Wildman–Crippen LogP) is 1.64. The normalized spacial score (nSPS) is 19.9. The Morgan fingerprint density at radius 1 is 1.13 bits per heavy atom. The lowest BCUT2D eigenvalue weighted by molar-refractivity contribution is 0.0663. The molecular weight excluding hydrogens is 212 g/mol. The highest BCUT2D eigenvalue weighted by atomic mass is 32.1. The molecule has 1 heterocycles. The SMILES string of the molecule is O=C1c2cc3ccsc3cc2C(=O)C1O. The average molecular weight is 218 g/mol. The summed E-state index contributed by atoms with van der Waals surface area (Å²) in [6, 6.07) is 5.26. The Morgan fingerprint density at radius 2 is 1.80 bits per heavy atom. The molecule has 0 saturated heterocycles. The molecule has 4 heteroatoms. The van der Waals surface area contributed by atoms with E-state index in [9.17, 15) is 14.7 Å². The Morgan fingerprint density at radius 3 is 2.53 bits per heavy atom. The summed E-state index contributed by atoms with van der Waals surface area (Å²) in [6.45, 7) is 0. The molecule has 0 bridgehead atoms. The number of thiophene rings is 1. The van der Waals surface area contributed by atoms with Crippen molar-refractivity contribution < 1.29 is 14.7 Å². The lowest BCUT2D eigenvalue weighted by atomic mass is 10.1. The topological polar surface area (TPSA) is 54.4 Å². The second-order valence-corrected chi connectivity index (χ2v) is 4.43.